The Bertz CT molecular complexity index is 2330. The molecular formula is C52H70N14O4. The molecule has 0 aliphatic carbocycles. The average Bonchev–Trinajstić information content (AvgIpc) is 3.35. The topological polar surface area (TPSA) is 213 Å². The number of amides is 4. The van der Waals surface area contributed by atoms with Crippen LogP contribution in [0.3, 0.4) is 0 Å². The van der Waals surface area contributed by atoms with Crippen LogP contribution in [0.15, 0.2) is 48.5 Å². The summed E-state index contributed by atoms with van der Waals surface area (Å²) in [6.45, 7) is 23.8. The van der Waals surface area contributed by atoms with Crippen molar-refractivity contribution in [3.05, 3.63) is 71.0 Å². The lowest BCUT2D eigenvalue weighted by atomic mass is 9.93. The summed E-state index contributed by atoms with van der Waals surface area (Å²) >= 11 is 0. The minimum Gasteiger partial charge on any atom is -0.377 e. The summed E-state index contributed by atoms with van der Waals surface area (Å²) in [5.74, 6) is 3.18. The second kappa shape index (κ2) is 23.9. The molecule has 2 aromatic carbocycles. The summed E-state index contributed by atoms with van der Waals surface area (Å²) in [4.78, 5) is 53.4. The average molecular weight is 955 g/mol. The molecule has 0 radical (unpaired) electrons. The van der Waals surface area contributed by atoms with Crippen LogP contribution in [-0.4, -0.2) is 132 Å². The van der Waals surface area contributed by atoms with Crippen LogP contribution >= 0.6 is 0 Å². The number of hydrogen-bond acceptors (Lipinski definition) is 14. The standard InChI is InChI=1S/2C26H35N7O2/c2*1-5-28-26(34)29-20-8-6-19(7-9-20)24-30-23-21(11-13-32(17(2)3)22(23)10-12-27)25(31-24)33-14-15-35-16-18(33)4/h2*6-9,17-18,22H,5,10-11,13-16H2,1-4H3,(H2,28,29,34)/t2*18-,22?/m00/s1. The van der Waals surface area contributed by atoms with Crippen molar-refractivity contribution in [2.45, 2.75) is 117 Å². The van der Waals surface area contributed by atoms with E-state index in [1.807, 2.05) is 62.4 Å². The van der Waals surface area contributed by atoms with Gasteiger partial charge >= 0.3 is 12.1 Å². The molecule has 2 saturated heterocycles. The third-order valence-electron chi connectivity index (χ3n) is 13.4. The smallest absolute Gasteiger partial charge is 0.319 e. The van der Waals surface area contributed by atoms with Crippen molar-refractivity contribution in [3.8, 4) is 34.9 Å². The number of rotatable bonds is 12. The highest BCUT2D eigenvalue weighted by Gasteiger charge is 2.37. The van der Waals surface area contributed by atoms with Gasteiger partial charge in [0.25, 0.3) is 0 Å². The van der Waals surface area contributed by atoms with Gasteiger partial charge in [-0.3, -0.25) is 9.80 Å². The van der Waals surface area contributed by atoms with Crippen molar-refractivity contribution in [1.82, 2.24) is 40.4 Å². The number of aromatic nitrogens is 4. The Labute approximate surface area is 413 Å². The van der Waals surface area contributed by atoms with E-state index in [1.165, 1.54) is 0 Å². The van der Waals surface area contributed by atoms with Gasteiger partial charge in [-0.1, -0.05) is 0 Å². The van der Waals surface area contributed by atoms with Crippen LogP contribution < -0.4 is 31.1 Å². The Kier molecular flexibility index (Phi) is 17.6. The van der Waals surface area contributed by atoms with E-state index in [-0.39, 0.29) is 36.2 Å². The molecule has 0 bridgehead atoms. The zero-order chi connectivity index (χ0) is 49.9. The van der Waals surface area contributed by atoms with Gasteiger partial charge in [0.1, 0.15) is 11.6 Å². The van der Waals surface area contributed by atoms with E-state index in [2.05, 4.69) is 94.5 Å². The summed E-state index contributed by atoms with van der Waals surface area (Å²) < 4.78 is 11.4. The number of morpholine rings is 2. The fourth-order valence-corrected chi connectivity index (χ4v) is 9.85. The summed E-state index contributed by atoms with van der Waals surface area (Å²) in [6, 6.07) is 20.3. The number of hydrogen-bond donors (Lipinski definition) is 4. The molecule has 372 valence electrons. The molecule has 4 aromatic rings. The van der Waals surface area contributed by atoms with Crippen LogP contribution in [0.2, 0.25) is 0 Å². The fourth-order valence-electron chi connectivity index (χ4n) is 9.85. The lowest BCUT2D eigenvalue weighted by Gasteiger charge is -2.41. The molecule has 70 heavy (non-hydrogen) atoms. The maximum atomic E-state index is 11.9. The van der Waals surface area contributed by atoms with Gasteiger partial charge in [-0.05, 0) is 117 Å². The zero-order valence-electron chi connectivity index (χ0n) is 42.1. The Hall–Kier alpha value is -6.44. The maximum absolute atomic E-state index is 11.9. The van der Waals surface area contributed by atoms with Gasteiger partial charge in [-0.25, -0.2) is 29.5 Å². The Morgan fingerprint density at radius 1 is 0.629 bits per heavy atom. The number of nitrogens with zero attached hydrogens (tertiary/aromatic N) is 10. The van der Waals surface area contributed by atoms with E-state index in [9.17, 15) is 20.1 Å². The first-order valence-electron chi connectivity index (χ1n) is 24.9. The van der Waals surface area contributed by atoms with Crippen molar-refractivity contribution < 1.29 is 19.1 Å². The molecule has 4 atom stereocenters. The van der Waals surface area contributed by atoms with E-state index in [1.54, 1.807) is 0 Å². The number of anilines is 4. The maximum Gasteiger partial charge on any atom is 0.319 e. The Morgan fingerprint density at radius 3 is 1.34 bits per heavy atom. The minimum absolute atomic E-state index is 0.0701. The number of nitriles is 2. The van der Waals surface area contributed by atoms with Crippen LogP contribution in [0, 0.1) is 22.7 Å². The quantitative estimate of drug-likeness (QED) is 0.109. The van der Waals surface area contributed by atoms with Crippen molar-refractivity contribution in [2.24, 2.45) is 0 Å². The van der Waals surface area contributed by atoms with Crippen LogP contribution in [0.4, 0.5) is 32.6 Å². The molecule has 18 nitrogen and oxygen atoms in total. The molecule has 4 N–H and O–H groups in total. The van der Waals surface area contributed by atoms with Crippen molar-refractivity contribution in [3.63, 3.8) is 0 Å². The highest BCUT2D eigenvalue weighted by atomic mass is 16.5. The van der Waals surface area contributed by atoms with Crippen LogP contribution in [0.5, 0.6) is 0 Å². The zero-order valence-corrected chi connectivity index (χ0v) is 42.1. The van der Waals surface area contributed by atoms with Crippen LogP contribution in [0.1, 0.15) is 103 Å². The van der Waals surface area contributed by atoms with Crippen molar-refractivity contribution in [2.75, 3.05) is 86.1 Å². The number of carbonyl (C=O) groups excluding carboxylic acids is 2. The van der Waals surface area contributed by atoms with E-state index in [0.29, 0.717) is 87.5 Å². The first-order valence-corrected chi connectivity index (χ1v) is 24.9. The largest absolute Gasteiger partial charge is 0.377 e. The highest BCUT2D eigenvalue weighted by Crippen LogP contribution is 2.40. The SMILES string of the molecule is CCNC(=O)Nc1ccc(-c2nc3c(c(N4CCOC[C@@H]4C)n2)CCN(C(C)C)C3CC#N)cc1.CCNC(=O)Nc1ccc(-c2nc3c(c(N4CCOC[C@@H]4C)n2)CCN(C(C)C)C3CC#N)cc1. The van der Waals surface area contributed by atoms with E-state index in [0.717, 1.165) is 84.3 Å². The number of nitrogens with one attached hydrogen (secondary N) is 4. The fraction of sp³-hybridized carbons (Fsp3) is 0.538. The van der Waals surface area contributed by atoms with Crippen molar-refractivity contribution >= 4 is 35.1 Å². The molecule has 8 rings (SSSR count). The summed E-state index contributed by atoms with van der Waals surface area (Å²) in [6.07, 6.45) is 2.47. The van der Waals surface area contributed by atoms with Gasteiger partial charge in [0.2, 0.25) is 0 Å². The Balaban J connectivity index is 0.000000206. The van der Waals surface area contributed by atoms with Gasteiger partial charge in [0.15, 0.2) is 11.6 Å². The normalized spacial score (nSPS) is 20.3. The van der Waals surface area contributed by atoms with E-state index < -0.39 is 0 Å². The van der Waals surface area contributed by atoms with Gasteiger partial charge in [-0.15, -0.1) is 0 Å². The second-order valence-corrected chi connectivity index (χ2v) is 18.7. The number of benzene rings is 2. The van der Waals surface area contributed by atoms with E-state index >= 15 is 0 Å². The third kappa shape index (κ3) is 11.9. The van der Waals surface area contributed by atoms with Gasteiger partial charge in [0, 0.05) is 85.0 Å². The first kappa shape index (κ1) is 51.4. The summed E-state index contributed by atoms with van der Waals surface area (Å²) in [5.41, 5.74) is 7.34. The molecule has 18 heteroatoms. The van der Waals surface area contributed by atoms with Crippen LogP contribution in [-0.2, 0) is 22.3 Å². The molecule has 0 spiro atoms. The highest BCUT2D eigenvalue weighted by molar-refractivity contribution is 5.90. The van der Waals surface area contributed by atoms with E-state index in [4.69, 9.17) is 29.4 Å². The van der Waals surface area contributed by atoms with Crippen LogP contribution in [0.25, 0.3) is 22.8 Å². The predicted molar refractivity (Wildman–Crippen MR) is 273 cm³/mol. The monoisotopic (exact) mass is 955 g/mol. The number of carbonyl (C=O) groups is 2. The lowest BCUT2D eigenvalue weighted by molar-refractivity contribution is 0.0979. The predicted octanol–water partition coefficient (Wildman–Crippen LogP) is 7.46. The first-order chi connectivity index (χ1) is 33.8. The molecule has 6 heterocycles. The van der Waals surface area contributed by atoms with Gasteiger partial charge < -0.3 is 40.5 Å². The molecule has 4 amide bonds. The summed E-state index contributed by atoms with van der Waals surface area (Å²) in [5, 5.41) is 30.4. The summed E-state index contributed by atoms with van der Waals surface area (Å²) in [7, 11) is 0. The molecule has 4 aliphatic heterocycles. The minimum atomic E-state index is -0.234. The third-order valence-corrected chi connectivity index (χ3v) is 13.4. The molecule has 2 aromatic heterocycles. The second-order valence-electron chi connectivity index (χ2n) is 18.7. The molecule has 4 aliphatic rings. The number of fused-ring (bicyclic) bond motifs is 2. The van der Waals surface area contributed by atoms with Gasteiger partial charge in [-0.2, -0.15) is 10.5 Å². The molecule has 2 fully saturated rings. The number of ether oxygens (including phenoxy) is 2. The number of urea groups is 2. The molecular weight excluding hydrogens is 885 g/mol. The lowest BCUT2D eigenvalue weighted by Crippen LogP contribution is -2.46. The molecule has 2 unspecified atom stereocenters. The molecule has 0 saturated carbocycles. The van der Waals surface area contributed by atoms with Crippen molar-refractivity contribution in [1.29, 1.82) is 10.5 Å². The van der Waals surface area contributed by atoms with Gasteiger partial charge in [0.05, 0.1) is 87.0 Å². The Morgan fingerprint density at radius 2 is 1.01 bits per heavy atom.